The van der Waals surface area contributed by atoms with Gasteiger partial charge in [0.25, 0.3) is 0 Å². The van der Waals surface area contributed by atoms with Crippen LogP contribution < -0.4 is 14.7 Å². The molecule has 22 aromatic carbocycles. The van der Waals surface area contributed by atoms with E-state index in [1.807, 2.05) is 55.2 Å². The third-order valence-electron chi connectivity index (χ3n) is 26.3. The molecule has 0 unspecified atom stereocenters. The molecule has 0 aliphatic rings. The molecule has 0 aliphatic heterocycles. The average Bonchev–Trinajstić information content (AvgIpc) is 0.734. The number of aromatic nitrogens is 4. The summed E-state index contributed by atoms with van der Waals surface area (Å²) in [6.07, 6.45) is 9.31. The first-order chi connectivity index (χ1) is 66.0. The minimum Gasteiger partial charge on any atom is -0.311 e. The van der Waals surface area contributed by atoms with Gasteiger partial charge in [0.05, 0.1) is 16.9 Å². The molecule has 0 radical (unpaired) electrons. The van der Waals surface area contributed by atoms with Gasteiger partial charge in [-0.2, -0.15) is 0 Å². The first kappa shape index (κ1) is 78.7. The Morgan fingerprint density at radius 2 is 0.429 bits per heavy atom. The maximum atomic E-state index is 4.91. The van der Waals surface area contributed by atoms with Crippen LogP contribution in [0.1, 0.15) is 0 Å². The van der Waals surface area contributed by atoms with Crippen molar-refractivity contribution < 1.29 is 0 Å². The van der Waals surface area contributed by atoms with Gasteiger partial charge in [-0.15, -0.1) is 0 Å². The van der Waals surface area contributed by atoms with Crippen molar-refractivity contribution in [2.75, 3.05) is 14.7 Å². The van der Waals surface area contributed by atoms with E-state index in [1.54, 1.807) is 0 Å². The summed E-state index contributed by atoms with van der Waals surface area (Å²) in [7, 11) is 0. The molecule has 0 bridgehead atoms. The molecule has 0 aliphatic carbocycles. The number of nitrogens with zero attached hydrogens (tertiary/aromatic N) is 7. The molecule has 26 aromatic rings. The number of rotatable bonds is 16. The third kappa shape index (κ3) is 14.6. The standard InChI is InChI=1S/C44H29N3.C43H28N2.C39H26N2/c1-3-7-35(8-4-1)47(36-9-5-2-6-10-36)37-18-11-31(12-19-37)38-20-13-32-16-23-41-39(21-14-33-15-22-40(38)43(32)44(33)41)42-24-17-34(29-46-42)30-25-27-45-28-26-30;1-3-9-34(10-4-1)45(35-11-5-2-6-12-35)36-20-13-29(14-21-36)37-22-15-30-18-25-40-38(23-16-31-17-24-39(37)42(30)43(31)40)32-19-26-41-33(28-32)8-7-27-44-41;1-3-9-30(10-4-1)41(31-11-5-2-6-12-31)32-20-14-27(15-21-32)33-22-16-28-19-25-36-34(37-13-7-8-26-40-37)23-17-29-18-24-35(33)38(28)39(29)36/h1-29H;1-28H;1-26H. The smallest absolute Gasteiger partial charge is 0.0708 e. The summed E-state index contributed by atoms with van der Waals surface area (Å²) in [6.45, 7) is 0. The van der Waals surface area contributed by atoms with Gasteiger partial charge < -0.3 is 14.7 Å². The minimum absolute atomic E-state index is 0.970. The van der Waals surface area contributed by atoms with E-state index in [2.05, 4.69) is 479 Å². The van der Waals surface area contributed by atoms with Gasteiger partial charge in [0.1, 0.15) is 0 Å². The lowest BCUT2D eigenvalue weighted by Gasteiger charge is -2.25. The number of hydrogen-bond acceptors (Lipinski definition) is 7. The fraction of sp³-hybridized carbons (Fsp3) is 0. The molecule has 26 rings (SSSR count). The Morgan fingerprint density at radius 3 is 0.752 bits per heavy atom. The molecule has 7 nitrogen and oxygen atoms in total. The van der Waals surface area contributed by atoms with Crippen LogP contribution >= 0.6 is 0 Å². The van der Waals surface area contributed by atoms with Crippen LogP contribution in [0.2, 0.25) is 0 Å². The van der Waals surface area contributed by atoms with Crippen molar-refractivity contribution >= 4 is 159 Å². The number of pyridine rings is 4. The molecule has 622 valence electrons. The Labute approximate surface area is 770 Å². The maximum Gasteiger partial charge on any atom is 0.0708 e. The van der Waals surface area contributed by atoms with E-state index in [1.165, 1.54) is 147 Å². The van der Waals surface area contributed by atoms with Crippen molar-refractivity contribution in [3.8, 4) is 78.1 Å². The molecular formula is C126H83N7. The first-order valence-corrected chi connectivity index (χ1v) is 45.3. The van der Waals surface area contributed by atoms with Crippen LogP contribution in [0.3, 0.4) is 0 Å². The third-order valence-corrected chi connectivity index (χ3v) is 26.3. The quantitative estimate of drug-likeness (QED) is 0.0893. The highest BCUT2D eigenvalue weighted by molar-refractivity contribution is 6.31. The van der Waals surface area contributed by atoms with Crippen LogP contribution in [-0.2, 0) is 0 Å². The molecule has 0 fully saturated rings. The van der Waals surface area contributed by atoms with E-state index in [0.29, 0.717) is 0 Å². The summed E-state index contributed by atoms with van der Waals surface area (Å²) in [6, 6.07) is 170. The zero-order chi connectivity index (χ0) is 88.1. The number of fused-ring (bicyclic) bond motifs is 1. The summed E-state index contributed by atoms with van der Waals surface area (Å²) in [5, 5.41) is 24.1. The molecule has 0 N–H and O–H groups in total. The van der Waals surface area contributed by atoms with Gasteiger partial charge in [0, 0.05) is 104 Å². The molecule has 4 heterocycles. The number of benzene rings is 22. The van der Waals surface area contributed by atoms with E-state index in [-0.39, 0.29) is 0 Å². The normalized spacial score (nSPS) is 11.5. The molecule has 0 spiro atoms. The monoisotopic (exact) mass is 1690 g/mol. The zero-order valence-electron chi connectivity index (χ0n) is 72.6. The van der Waals surface area contributed by atoms with Crippen molar-refractivity contribution in [3.63, 3.8) is 0 Å². The van der Waals surface area contributed by atoms with Crippen LogP contribution in [0.4, 0.5) is 51.2 Å². The summed E-state index contributed by atoms with van der Waals surface area (Å²) in [5.41, 5.74) is 27.5. The van der Waals surface area contributed by atoms with Crippen molar-refractivity contribution in [3.05, 3.63) is 504 Å². The second kappa shape index (κ2) is 34.1. The number of hydrogen-bond donors (Lipinski definition) is 0. The largest absolute Gasteiger partial charge is 0.311 e. The summed E-state index contributed by atoms with van der Waals surface area (Å²) < 4.78 is 0. The fourth-order valence-electron chi connectivity index (χ4n) is 20.1. The maximum absolute atomic E-state index is 4.91. The van der Waals surface area contributed by atoms with Gasteiger partial charge in [-0.1, -0.05) is 315 Å². The molecule has 7 heteroatoms. The molecule has 133 heavy (non-hydrogen) atoms. The molecule has 0 atom stereocenters. The second-order valence-electron chi connectivity index (χ2n) is 33.9. The Morgan fingerprint density at radius 1 is 0.150 bits per heavy atom. The fourth-order valence-corrected chi connectivity index (χ4v) is 20.1. The first-order valence-electron chi connectivity index (χ1n) is 45.3. The van der Waals surface area contributed by atoms with Crippen LogP contribution in [0.25, 0.3) is 186 Å². The second-order valence-corrected chi connectivity index (χ2v) is 33.9. The Kier molecular flexibility index (Phi) is 20.2. The van der Waals surface area contributed by atoms with E-state index < -0.39 is 0 Å². The summed E-state index contributed by atoms with van der Waals surface area (Å²) in [5.74, 6) is 0. The Bertz CT molecular complexity index is 8560. The highest BCUT2D eigenvalue weighted by Crippen LogP contribution is 2.49. The topological polar surface area (TPSA) is 61.3 Å². The number of anilines is 9. The van der Waals surface area contributed by atoms with E-state index in [9.17, 15) is 0 Å². The van der Waals surface area contributed by atoms with E-state index in [4.69, 9.17) is 4.98 Å². The van der Waals surface area contributed by atoms with Crippen molar-refractivity contribution in [2.45, 2.75) is 0 Å². The van der Waals surface area contributed by atoms with Crippen LogP contribution in [-0.4, -0.2) is 19.9 Å². The number of para-hydroxylation sites is 6. The van der Waals surface area contributed by atoms with Crippen molar-refractivity contribution in [1.82, 2.24) is 19.9 Å². The average molecular weight is 1700 g/mol. The SMILES string of the molecule is c1ccc(N(c2ccccc2)c2ccc(-c3ccc4ccc5c(-c6ccc(-c7ccncc7)cn6)ccc6ccc3c4c65)cc2)cc1.c1ccc(N(c2ccccc2)c2ccc(-c3ccc4ccc5c(-c6ccc7ncccc7c6)ccc6ccc3c4c65)cc2)cc1.c1ccc(N(c2ccccc2)c2ccc(-c3ccc4ccc5c(-c6ccccn6)ccc6ccc3c4c65)cc2)cc1. The van der Waals surface area contributed by atoms with Gasteiger partial charge in [-0.25, -0.2) is 0 Å². The zero-order valence-corrected chi connectivity index (χ0v) is 72.6. The van der Waals surface area contributed by atoms with Crippen molar-refractivity contribution in [1.29, 1.82) is 0 Å². The van der Waals surface area contributed by atoms with Gasteiger partial charge >= 0.3 is 0 Å². The predicted octanol–water partition coefficient (Wildman–Crippen LogP) is 34.6. The highest BCUT2D eigenvalue weighted by Gasteiger charge is 2.23. The van der Waals surface area contributed by atoms with Crippen LogP contribution in [0, 0.1) is 0 Å². The summed E-state index contributed by atoms with van der Waals surface area (Å²) >= 11 is 0. The lowest BCUT2D eigenvalue weighted by atomic mass is 9.87. The van der Waals surface area contributed by atoms with Gasteiger partial charge in [-0.05, 0) is 305 Å². The summed E-state index contributed by atoms with van der Waals surface area (Å²) in [4.78, 5) is 25.1. The molecular weight excluding hydrogens is 1610 g/mol. The van der Waals surface area contributed by atoms with Crippen LogP contribution in [0.5, 0.6) is 0 Å². The minimum atomic E-state index is 0.970. The van der Waals surface area contributed by atoms with Gasteiger partial charge in [0.15, 0.2) is 0 Å². The van der Waals surface area contributed by atoms with E-state index >= 15 is 0 Å². The van der Waals surface area contributed by atoms with E-state index in [0.717, 1.165) is 90.2 Å². The van der Waals surface area contributed by atoms with Crippen molar-refractivity contribution in [2.24, 2.45) is 0 Å². The highest BCUT2D eigenvalue weighted by atomic mass is 15.2. The lowest BCUT2D eigenvalue weighted by molar-refractivity contribution is 1.28. The lowest BCUT2D eigenvalue weighted by Crippen LogP contribution is -2.09. The molecule has 4 aromatic heterocycles. The Hall–Kier alpha value is -17.8. The van der Waals surface area contributed by atoms with Gasteiger partial charge in [0.2, 0.25) is 0 Å². The van der Waals surface area contributed by atoms with Gasteiger partial charge in [-0.3, -0.25) is 19.9 Å². The molecule has 0 amide bonds. The Balaban J connectivity index is 0.000000110. The molecule has 0 saturated heterocycles. The predicted molar refractivity (Wildman–Crippen MR) is 561 cm³/mol. The van der Waals surface area contributed by atoms with Crippen LogP contribution in [0.15, 0.2) is 504 Å². The molecule has 0 saturated carbocycles.